The van der Waals surface area contributed by atoms with E-state index in [1.165, 1.54) is 12.1 Å². The first-order chi connectivity index (χ1) is 8.79. The molecular weight excluding hydrogens is 244 g/mol. The van der Waals surface area contributed by atoms with E-state index >= 15 is 0 Å². The molecule has 0 saturated carbocycles. The lowest BCUT2D eigenvalue weighted by atomic mass is 9.80. The zero-order valence-corrected chi connectivity index (χ0v) is 11.6. The van der Waals surface area contributed by atoms with Crippen LogP contribution in [0.4, 0.5) is 17.3 Å². The highest BCUT2D eigenvalue weighted by Gasteiger charge is 2.34. The molecule has 19 heavy (non-hydrogen) atoms. The summed E-state index contributed by atoms with van der Waals surface area (Å²) in [5.74, 6) is 1.23. The van der Waals surface area contributed by atoms with E-state index in [4.69, 9.17) is 5.73 Å². The van der Waals surface area contributed by atoms with Gasteiger partial charge in [-0.2, -0.15) is 0 Å². The number of hydrogen-bond donors (Lipinski definition) is 1. The highest BCUT2D eigenvalue weighted by atomic mass is 16.6. The van der Waals surface area contributed by atoms with Crippen LogP contribution >= 0.6 is 0 Å². The molecular formula is C13H20N4O2. The molecule has 104 valence electrons. The van der Waals surface area contributed by atoms with E-state index in [-0.39, 0.29) is 11.1 Å². The fraction of sp³-hybridized carbons (Fsp3) is 0.615. The largest absolute Gasteiger partial charge is 0.384 e. The zero-order valence-electron chi connectivity index (χ0n) is 11.6. The second kappa shape index (κ2) is 4.68. The van der Waals surface area contributed by atoms with Gasteiger partial charge >= 0.3 is 5.69 Å². The maximum atomic E-state index is 11.1. The molecule has 1 aliphatic heterocycles. The van der Waals surface area contributed by atoms with E-state index in [0.29, 0.717) is 17.6 Å². The van der Waals surface area contributed by atoms with Crippen LogP contribution in [0.5, 0.6) is 0 Å². The second-order valence-corrected chi connectivity index (χ2v) is 6.13. The van der Waals surface area contributed by atoms with Crippen molar-refractivity contribution in [3.05, 3.63) is 22.2 Å². The van der Waals surface area contributed by atoms with E-state index in [0.717, 1.165) is 19.5 Å². The summed E-state index contributed by atoms with van der Waals surface area (Å²) < 4.78 is 0. The van der Waals surface area contributed by atoms with Gasteiger partial charge in [-0.1, -0.05) is 20.8 Å². The molecule has 0 bridgehead atoms. The SMILES string of the molecule is CC(C)(C)C1CCN(c2nc(N)ccc2[N+](=O)[O-])C1. The van der Waals surface area contributed by atoms with Crippen molar-refractivity contribution in [1.29, 1.82) is 0 Å². The smallest absolute Gasteiger partial charge is 0.311 e. The minimum absolute atomic E-state index is 0.0313. The van der Waals surface area contributed by atoms with Crippen LogP contribution in [0.25, 0.3) is 0 Å². The van der Waals surface area contributed by atoms with E-state index < -0.39 is 4.92 Å². The van der Waals surface area contributed by atoms with Gasteiger partial charge in [0.1, 0.15) is 5.82 Å². The summed E-state index contributed by atoms with van der Waals surface area (Å²) >= 11 is 0. The molecule has 2 heterocycles. The second-order valence-electron chi connectivity index (χ2n) is 6.13. The van der Waals surface area contributed by atoms with Gasteiger partial charge in [0, 0.05) is 19.2 Å². The Morgan fingerprint density at radius 2 is 2.16 bits per heavy atom. The van der Waals surface area contributed by atoms with E-state index in [1.807, 2.05) is 4.90 Å². The molecule has 1 aromatic rings. The monoisotopic (exact) mass is 264 g/mol. The normalized spacial score (nSPS) is 19.7. The number of rotatable bonds is 2. The van der Waals surface area contributed by atoms with Crippen molar-refractivity contribution in [1.82, 2.24) is 4.98 Å². The van der Waals surface area contributed by atoms with Gasteiger partial charge in [-0.25, -0.2) is 4.98 Å². The summed E-state index contributed by atoms with van der Waals surface area (Å²) in [6, 6.07) is 2.90. The summed E-state index contributed by atoms with van der Waals surface area (Å²) in [5, 5.41) is 11.1. The van der Waals surface area contributed by atoms with Crippen molar-refractivity contribution >= 4 is 17.3 Å². The maximum absolute atomic E-state index is 11.1. The van der Waals surface area contributed by atoms with Crippen LogP contribution in [0.15, 0.2) is 12.1 Å². The number of anilines is 2. The van der Waals surface area contributed by atoms with Gasteiger partial charge in [-0.3, -0.25) is 10.1 Å². The lowest BCUT2D eigenvalue weighted by molar-refractivity contribution is -0.384. The Labute approximate surface area is 112 Å². The average molecular weight is 264 g/mol. The number of nitrogen functional groups attached to an aromatic ring is 1. The standard InChI is InChI=1S/C13H20N4O2/c1-13(2,3)9-6-7-16(8-9)12-10(17(18)19)4-5-11(14)15-12/h4-5,9H,6-8H2,1-3H3,(H2,14,15). The fourth-order valence-electron chi connectivity index (χ4n) is 2.49. The highest BCUT2D eigenvalue weighted by Crippen LogP contribution is 2.37. The lowest BCUT2D eigenvalue weighted by Gasteiger charge is -2.27. The van der Waals surface area contributed by atoms with Crippen LogP contribution < -0.4 is 10.6 Å². The number of aromatic nitrogens is 1. The summed E-state index contributed by atoms with van der Waals surface area (Å²) in [6.07, 6.45) is 1.02. The van der Waals surface area contributed by atoms with Crippen molar-refractivity contribution in [2.75, 3.05) is 23.7 Å². The maximum Gasteiger partial charge on any atom is 0.311 e. The van der Waals surface area contributed by atoms with Crippen LogP contribution in [-0.2, 0) is 0 Å². The topological polar surface area (TPSA) is 85.3 Å². The number of nitrogens with zero attached hydrogens (tertiary/aromatic N) is 3. The van der Waals surface area contributed by atoms with Crippen molar-refractivity contribution in [2.45, 2.75) is 27.2 Å². The molecule has 1 atom stereocenters. The molecule has 6 nitrogen and oxygen atoms in total. The first kappa shape index (κ1) is 13.6. The van der Waals surface area contributed by atoms with Crippen molar-refractivity contribution in [3.8, 4) is 0 Å². The number of pyridine rings is 1. The Morgan fingerprint density at radius 1 is 1.47 bits per heavy atom. The number of hydrogen-bond acceptors (Lipinski definition) is 5. The van der Waals surface area contributed by atoms with Crippen LogP contribution in [-0.4, -0.2) is 23.0 Å². The summed E-state index contributed by atoms with van der Waals surface area (Å²) in [7, 11) is 0. The molecule has 1 unspecified atom stereocenters. The third kappa shape index (κ3) is 2.77. The lowest BCUT2D eigenvalue weighted by Crippen LogP contribution is -2.27. The molecule has 0 aromatic carbocycles. The Kier molecular flexibility index (Phi) is 3.34. The minimum atomic E-state index is -0.397. The molecule has 0 aliphatic carbocycles. The number of nitrogens with two attached hydrogens (primary N) is 1. The Balaban J connectivity index is 2.28. The highest BCUT2D eigenvalue weighted by molar-refractivity contribution is 5.61. The van der Waals surface area contributed by atoms with Crippen molar-refractivity contribution < 1.29 is 4.92 Å². The zero-order chi connectivity index (χ0) is 14.2. The Bertz CT molecular complexity index is 496. The predicted octanol–water partition coefficient (Wildman–Crippen LogP) is 2.44. The van der Waals surface area contributed by atoms with E-state index in [9.17, 15) is 10.1 Å². The van der Waals surface area contributed by atoms with Gasteiger partial charge in [0.15, 0.2) is 0 Å². The molecule has 2 rings (SSSR count). The van der Waals surface area contributed by atoms with Crippen LogP contribution in [0, 0.1) is 21.4 Å². The van der Waals surface area contributed by atoms with Gasteiger partial charge in [0.2, 0.25) is 5.82 Å². The van der Waals surface area contributed by atoms with E-state index in [2.05, 4.69) is 25.8 Å². The van der Waals surface area contributed by atoms with Gasteiger partial charge in [0.25, 0.3) is 0 Å². The molecule has 0 amide bonds. The molecule has 0 spiro atoms. The molecule has 1 aromatic heterocycles. The summed E-state index contributed by atoms with van der Waals surface area (Å²) in [5.41, 5.74) is 5.88. The number of nitro groups is 1. The predicted molar refractivity (Wildman–Crippen MR) is 75.1 cm³/mol. The van der Waals surface area contributed by atoms with Crippen molar-refractivity contribution in [3.63, 3.8) is 0 Å². The summed E-state index contributed by atoms with van der Waals surface area (Å²) in [6.45, 7) is 8.17. The first-order valence-corrected chi connectivity index (χ1v) is 6.45. The van der Waals surface area contributed by atoms with Crippen LogP contribution in [0.3, 0.4) is 0 Å². The molecule has 2 N–H and O–H groups in total. The Morgan fingerprint density at radius 3 is 2.68 bits per heavy atom. The van der Waals surface area contributed by atoms with E-state index in [1.54, 1.807) is 0 Å². The fourth-order valence-corrected chi connectivity index (χ4v) is 2.49. The molecule has 1 fully saturated rings. The van der Waals surface area contributed by atoms with Gasteiger partial charge in [0.05, 0.1) is 4.92 Å². The van der Waals surface area contributed by atoms with Crippen LogP contribution in [0.2, 0.25) is 0 Å². The van der Waals surface area contributed by atoms with Crippen LogP contribution in [0.1, 0.15) is 27.2 Å². The van der Waals surface area contributed by atoms with Gasteiger partial charge in [-0.05, 0) is 23.8 Å². The van der Waals surface area contributed by atoms with Gasteiger partial charge < -0.3 is 10.6 Å². The molecule has 0 radical (unpaired) electrons. The third-order valence-corrected chi connectivity index (χ3v) is 3.79. The van der Waals surface area contributed by atoms with Gasteiger partial charge in [-0.15, -0.1) is 0 Å². The molecule has 6 heteroatoms. The third-order valence-electron chi connectivity index (χ3n) is 3.79. The minimum Gasteiger partial charge on any atom is -0.384 e. The quantitative estimate of drug-likeness (QED) is 0.655. The average Bonchev–Trinajstić information content (AvgIpc) is 2.77. The molecule has 1 aliphatic rings. The van der Waals surface area contributed by atoms with Crippen molar-refractivity contribution in [2.24, 2.45) is 11.3 Å². The summed E-state index contributed by atoms with van der Waals surface area (Å²) in [4.78, 5) is 16.8. The molecule has 1 saturated heterocycles. The Hall–Kier alpha value is -1.85. The first-order valence-electron chi connectivity index (χ1n) is 6.45.